The molecule has 1 heterocycles. The highest BCUT2D eigenvalue weighted by Gasteiger charge is 2.23. The van der Waals surface area contributed by atoms with Crippen LogP contribution in [-0.4, -0.2) is 22.5 Å². The summed E-state index contributed by atoms with van der Waals surface area (Å²) in [6, 6.07) is 0.491. The predicted molar refractivity (Wildman–Crippen MR) is 61.5 cm³/mol. The fourth-order valence-corrected chi connectivity index (χ4v) is 2.27. The van der Waals surface area contributed by atoms with Gasteiger partial charge in [-0.1, -0.05) is 25.6 Å². The van der Waals surface area contributed by atoms with Gasteiger partial charge in [0.05, 0.1) is 6.04 Å². The minimum atomic E-state index is 0.232. The molecule has 0 radical (unpaired) electrons. The molecule has 0 saturated carbocycles. The fraction of sp³-hybridized carbons (Fsp3) is 0.900. The van der Waals surface area contributed by atoms with Gasteiger partial charge in [0, 0.05) is 11.3 Å². The van der Waals surface area contributed by atoms with Gasteiger partial charge in [0.2, 0.25) is 0 Å². The average molecular weight is 200 g/mol. The third-order valence-electron chi connectivity index (χ3n) is 2.77. The highest BCUT2D eigenvalue weighted by molar-refractivity contribution is 8.14. The van der Waals surface area contributed by atoms with Crippen LogP contribution in [0.25, 0.3) is 0 Å². The molecule has 1 N–H and O–H groups in total. The first-order valence-corrected chi connectivity index (χ1v) is 6.07. The Hall–Kier alpha value is -0.180. The van der Waals surface area contributed by atoms with E-state index in [1.807, 2.05) is 11.8 Å². The van der Waals surface area contributed by atoms with Crippen LogP contribution >= 0.6 is 11.8 Å². The zero-order valence-electron chi connectivity index (χ0n) is 9.05. The number of hydrogen-bond acceptors (Lipinski definition) is 3. The lowest BCUT2D eigenvalue weighted by Crippen LogP contribution is -2.43. The van der Waals surface area contributed by atoms with Crippen LogP contribution in [-0.2, 0) is 0 Å². The SMILES string of the molecule is CCC(C)(CC)NC1=NC(C)CS1. The molecule has 0 aromatic rings. The number of amidine groups is 1. The maximum absolute atomic E-state index is 4.54. The molecule has 1 atom stereocenters. The van der Waals surface area contributed by atoms with Crippen LogP contribution in [0.3, 0.4) is 0 Å². The number of aliphatic imine (C=N–C) groups is 1. The Morgan fingerprint density at radius 2 is 2.15 bits per heavy atom. The van der Waals surface area contributed by atoms with Crippen molar-refractivity contribution >= 4 is 16.9 Å². The topological polar surface area (TPSA) is 24.4 Å². The summed E-state index contributed by atoms with van der Waals surface area (Å²) < 4.78 is 0. The van der Waals surface area contributed by atoms with Crippen LogP contribution in [0.15, 0.2) is 4.99 Å². The predicted octanol–water partition coefficient (Wildman–Crippen LogP) is 2.65. The number of nitrogens with one attached hydrogen (secondary N) is 1. The van der Waals surface area contributed by atoms with Gasteiger partial charge >= 0.3 is 0 Å². The van der Waals surface area contributed by atoms with E-state index in [2.05, 4.69) is 38.0 Å². The van der Waals surface area contributed by atoms with Gasteiger partial charge in [-0.05, 0) is 26.7 Å². The highest BCUT2D eigenvalue weighted by Crippen LogP contribution is 2.21. The molecule has 1 aliphatic heterocycles. The third-order valence-corrected chi connectivity index (χ3v) is 3.90. The van der Waals surface area contributed by atoms with Gasteiger partial charge in [0.15, 0.2) is 5.17 Å². The zero-order valence-corrected chi connectivity index (χ0v) is 9.87. The van der Waals surface area contributed by atoms with Crippen LogP contribution in [0.2, 0.25) is 0 Å². The highest BCUT2D eigenvalue weighted by atomic mass is 32.2. The molecule has 2 nitrogen and oxygen atoms in total. The summed E-state index contributed by atoms with van der Waals surface area (Å²) in [6.07, 6.45) is 2.30. The van der Waals surface area contributed by atoms with Crippen molar-refractivity contribution in [2.75, 3.05) is 5.75 Å². The maximum Gasteiger partial charge on any atom is 0.157 e. The molecule has 0 bridgehead atoms. The summed E-state index contributed by atoms with van der Waals surface area (Å²) in [5.74, 6) is 1.13. The molecule has 1 rings (SSSR count). The van der Waals surface area contributed by atoms with E-state index in [9.17, 15) is 0 Å². The number of rotatable bonds is 3. The van der Waals surface area contributed by atoms with E-state index in [1.165, 1.54) is 0 Å². The normalized spacial score (nSPS) is 23.1. The van der Waals surface area contributed by atoms with Crippen molar-refractivity contribution in [3.63, 3.8) is 0 Å². The zero-order chi connectivity index (χ0) is 9.90. The lowest BCUT2D eigenvalue weighted by atomic mass is 9.96. The first-order chi connectivity index (χ1) is 6.09. The van der Waals surface area contributed by atoms with Crippen molar-refractivity contribution < 1.29 is 0 Å². The molecule has 0 aromatic heterocycles. The van der Waals surface area contributed by atoms with Crippen molar-refractivity contribution in [2.45, 2.75) is 52.1 Å². The van der Waals surface area contributed by atoms with E-state index in [0.717, 1.165) is 23.8 Å². The summed E-state index contributed by atoms with van der Waals surface area (Å²) in [5, 5.41) is 4.67. The molecular formula is C10H20N2S. The molecular weight excluding hydrogens is 180 g/mol. The molecule has 76 valence electrons. The monoisotopic (exact) mass is 200 g/mol. The molecule has 1 unspecified atom stereocenters. The van der Waals surface area contributed by atoms with Gasteiger partial charge in [-0.2, -0.15) is 0 Å². The lowest BCUT2D eigenvalue weighted by molar-refractivity contribution is 0.391. The Labute approximate surface area is 85.6 Å². The van der Waals surface area contributed by atoms with Crippen LogP contribution < -0.4 is 5.32 Å². The maximum atomic E-state index is 4.54. The van der Waals surface area contributed by atoms with E-state index in [1.54, 1.807) is 0 Å². The average Bonchev–Trinajstić information content (AvgIpc) is 2.51. The van der Waals surface area contributed by atoms with Gasteiger partial charge in [-0.3, -0.25) is 4.99 Å². The van der Waals surface area contributed by atoms with Gasteiger partial charge in [0.1, 0.15) is 0 Å². The molecule has 0 aliphatic carbocycles. The van der Waals surface area contributed by atoms with Crippen LogP contribution in [0.4, 0.5) is 0 Å². The smallest absolute Gasteiger partial charge is 0.157 e. The number of nitrogens with zero attached hydrogens (tertiary/aromatic N) is 1. The van der Waals surface area contributed by atoms with Gasteiger partial charge < -0.3 is 5.32 Å². The summed E-state index contributed by atoms with van der Waals surface area (Å²) >= 11 is 1.85. The summed E-state index contributed by atoms with van der Waals surface area (Å²) in [4.78, 5) is 4.54. The van der Waals surface area contributed by atoms with Crippen molar-refractivity contribution in [2.24, 2.45) is 4.99 Å². The molecule has 1 aliphatic rings. The minimum absolute atomic E-state index is 0.232. The molecule has 0 spiro atoms. The van der Waals surface area contributed by atoms with E-state index in [0.29, 0.717) is 6.04 Å². The molecule has 3 heteroatoms. The molecule has 13 heavy (non-hydrogen) atoms. The second kappa shape index (κ2) is 4.36. The summed E-state index contributed by atoms with van der Waals surface area (Å²) in [7, 11) is 0. The Morgan fingerprint density at radius 1 is 1.54 bits per heavy atom. The lowest BCUT2D eigenvalue weighted by Gasteiger charge is -2.28. The van der Waals surface area contributed by atoms with Crippen molar-refractivity contribution in [1.29, 1.82) is 0 Å². The van der Waals surface area contributed by atoms with E-state index < -0.39 is 0 Å². The summed E-state index contributed by atoms with van der Waals surface area (Å²) in [6.45, 7) is 8.87. The molecule has 0 fully saturated rings. The van der Waals surface area contributed by atoms with E-state index in [4.69, 9.17) is 0 Å². The van der Waals surface area contributed by atoms with Gasteiger partial charge in [0.25, 0.3) is 0 Å². The quantitative estimate of drug-likeness (QED) is 0.757. The first-order valence-electron chi connectivity index (χ1n) is 5.08. The molecule has 0 aromatic carbocycles. The van der Waals surface area contributed by atoms with Crippen molar-refractivity contribution in [1.82, 2.24) is 5.32 Å². The summed E-state index contributed by atoms with van der Waals surface area (Å²) in [5.41, 5.74) is 0.232. The second-order valence-corrected chi connectivity index (χ2v) is 5.00. The van der Waals surface area contributed by atoms with Crippen molar-refractivity contribution in [3.05, 3.63) is 0 Å². The standard InChI is InChI=1S/C10H20N2S/c1-5-10(4,6-2)12-9-11-8(3)7-13-9/h8H,5-7H2,1-4H3,(H,11,12). The third kappa shape index (κ3) is 2.90. The van der Waals surface area contributed by atoms with Crippen LogP contribution in [0.5, 0.6) is 0 Å². The molecule has 0 saturated heterocycles. The molecule has 0 amide bonds. The van der Waals surface area contributed by atoms with Crippen LogP contribution in [0, 0.1) is 0 Å². The van der Waals surface area contributed by atoms with Gasteiger partial charge in [-0.15, -0.1) is 0 Å². The minimum Gasteiger partial charge on any atom is -0.360 e. The fourth-order valence-electron chi connectivity index (χ4n) is 1.23. The Kier molecular flexibility index (Phi) is 3.65. The van der Waals surface area contributed by atoms with Gasteiger partial charge in [-0.25, -0.2) is 0 Å². The van der Waals surface area contributed by atoms with Crippen LogP contribution in [0.1, 0.15) is 40.5 Å². The van der Waals surface area contributed by atoms with E-state index in [-0.39, 0.29) is 5.54 Å². The largest absolute Gasteiger partial charge is 0.360 e. The Balaban J connectivity index is 2.52. The Bertz CT molecular complexity index is 197. The van der Waals surface area contributed by atoms with Crippen molar-refractivity contribution in [3.8, 4) is 0 Å². The number of thioether (sulfide) groups is 1. The van der Waals surface area contributed by atoms with E-state index >= 15 is 0 Å². The number of hydrogen-bond donors (Lipinski definition) is 1. The second-order valence-electron chi connectivity index (χ2n) is 3.99. The Morgan fingerprint density at radius 3 is 2.54 bits per heavy atom. The first kappa shape index (κ1) is 10.9.